The first-order valence-electron chi connectivity index (χ1n) is 6.76. The van der Waals surface area contributed by atoms with Crippen molar-refractivity contribution >= 4 is 22.9 Å². The third-order valence-electron chi connectivity index (χ3n) is 3.11. The second kappa shape index (κ2) is 5.84. The van der Waals surface area contributed by atoms with Crippen LogP contribution in [-0.2, 0) is 4.79 Å². The minimum absolute atomic E-state index is 0.101. The largest absolute Gasteiger partial charge is 0.497 e. The zero-order valence-electron chi connectivity index (χ0n) is 12.5. The van der Waals surface area contributed by atoms with E-state index in [1.54, 1.807) is 31.4 Å². The number of carbonyl (C=O) groups excluding carboxylic acids is 1. The number of nitrogens with one attached hydrogen (secondary N) is 2. The standard InChI is InChI=1S/C15H13N5O3/c1-8(21)17-15-16-7-11-13(20-15)18-12(19-14(11)22)9-3-5-10(23-2)6-4-9/h3-7H,1-2H3,(H2,16,17,18,19,20,21,22). The number of aromatic nitrogens is 4. The van der Waals surface area contributed by atoms with Gasteiger partial charge in [0.05, 0.1) is 7.11 Å². The predicted molar refractivity (Wildman–Crippen MR) is 84.2 cm³/mol. The molecule has 0 saturated heterocycles. The Morgan fingerprint density at radius 1 is 1.22 bits per heavy atom. The maximum absolute atomic E-state index is 12.1. The van der Waals surface area contributed by atoms with Crippen molar-refractivity contribution in [3.63, 3.8) is 0 Å². The smallest absolute Gasteiger partial charge is 0.262 e. The van der Waals surface area contributed by atoms with Gasteiger partial charge in [0.15, 0.2) is 5.65 Å². The van der Waals surface area contributed by atoms with Gasteiger partial charge in [0.1, 0.15) is 17.0 Å². The number of aromatic amines is 1. The lowest BCUT2D eigenvalue weighted by atomic mass is 10.2. The average Bonchev–Trinajstić information content (AvgIpc) is 2.54. The number of nitrogens with zero attached hydrogens (tertiary/aromatic N) is 3. The van der Waals surface area contributed by atoms with Crippen LogP contribution in [0.15, 0.2) is 35.3 Å². The van der Waals surface area contributed by atoms with Gasteiger partial charge in [-0.05, 0) is 24.3 Å². The Hall–Kier alpha value is -3.29. The van der Waals surface area contributed by atoms with E-state index in [1.165, 1.54) is 13.1 Å². The zero-order chi connectivity index (χ0) is 16.4. The van der Waals surface area contributed by atoms with Gasteiger partial charge in [0, 0.05) is 18.7 Å². The SMILES string of the molecule is COc1ccc(-c2nc3nc(NC(C)=O)ncc3c(=O)[nH]2)cc1. The number of fused-ring (bicyclic) bond motifs is 1. The second-order valence-electron chi connectivity index (χ2n) is 4.76. The van der Waals surface area contributed by atoms with Crippen LogP contribution in [-0.4, -0.2) is 33.0 Å². The van der Waals surface area contributed by atoms with E-state index >= 15 is 0 Å². The molecule has 3 aromatic rings. The number of H-pyrrole nitrogens is 1. The van der Waals surface area contributed by atoms with Gasteiger partial charge in [0.25, 0.3) is 5.56 Å². The first kappa shape index (κ1) is 14.6. The van der Waals surface area contributed by atoms with Crippen molar-refractivity contribution in [2.75, 3.05) is 12.4 Å². The molecule has 8 nitrogen and oxygen atoms in total. The molecule has 8 heteroatoms. The maximum Gasteiger partial charge on any atom is 0.262 e. The summed E-state index contributed by atoms with van der Waals surface area (Å²) < 4.78 is 5.10. The van der Waals surface area contributed by atoms with E-state index in [0.717, 1.165) is 0 Å². The summed E-state index contributed by atoms with van der Waals surface area (Å²) in [6.07, 6.45) is 1.33. The molecule has 0 radical (unpaired) electrons. The molecular weight excluding hydrogens is 298 g/mol. The molecule has 23 heavy (non-hydrogen) atoms. The molecule has 0 atom stereocenters. The van der Waals surface area contributed by atoms with Crippen LogP contribution in [0.3, 0.4) is 0 Å². The minimum atomic E-state index is -0.352. The van der Waals surface area contributed by atoms with E-state index in [1.807, 2.05) is 0 Å². The topological polar surface area (TPSA) is 110 Å². The summed E-state index contributed by atoms with van der Waals surface area (Å²) in [5, 5.41) is 2.71. The highest BCUT2D eigenvalue weighted by Gasteiger charge is 2.09. The van der Waals surface area contributed by atoms with E-state index in [-0.39, 0.29) is 28.4 Å². The first-order chi connectivity index (χ1) is 11.1. The molecule has 0 spiro atoms. The number of rotatable bonds is 3. The molecule has 3 rings (SSSR count). The second-order valence-corrected chi connectivity index (χ2v) is 4.76. The number of anilines is 1. The van der Waals surface area contributed by atoms with E-state index < -0.39 is 0 Å². The van der Waals surface area contributed by atoms with Crippen LogP contribution in [0.5, 0.6) is 5.75 Å². The Bertz CT molecular complexity index is 934. The molecule has 0 aliphatic rings. The summed E-state index contributed by atoms with van der Waals surface area (Å²) in [4.78, 5) is 38.2. The summed E-state index contributed by atoms with van der Waals surface area (Å²) in [7, 11) is 1.58. The monoisotopic (exact) mass is 311 g/mol. The Balaban J connectivity index is 2.10. The Labute approximate surface area is 130 Å². The molecule has 2 N–H and O–H groups in total. The number of ether oxygens (including phenoxy) is 1. The van der Waals surface area contributed by atoms with Gasteiger partial charge in [0.2, 0.25) is 11.9 Å². The predicted octanol–water partition coefficient (Wildman–Crippen LogP) is 1.35. The van der Waals surface area contributed by atoms with E-state index in [9.17, 15) is 9.59 Å². The van der Waals surface area contributed by atoms with Gasteiger partial charge in [-0.25, -0.2) is 9.97 Å². The minimum Gasteiger partial charge on any atom is -0.497 e. The van der Waals surface area contributed by atoms with Gasteiger partial charge in [-0.3, -0.25) is 14.9 Å². The molecule has 0 saturated carbocycles. The lowest BCUT2D eigenvalue weighted by Gasteiger charge is -2.05. The summed E-state index contributed by atoms with van der Waals surface area (Å²) in [5.74, 6) is 0.873. The highest BCUT2D eigenvalue weighted by Crippen LogP contribution is 2.19. The fraction of sp³-hybridized carbons (Fsp3) is 0.133. The van der Waals surface area contributed by atoms with Crippen LogP contribution in [0.25, 0.3) is 22.4 Å². The van der Waals surface area contributed by atoms with Crippen molar-refractivity contribution < 1.29 is 9.53 Å². The van der Waals surface area contributed by atoms with Crippen LogP contribution in [0.4, 0.5) is 5.95 Å². The van der Waals surface area contributed by atoms with E-state index in [0.29, 0.717) is 17.1 Å². The molecule has 0 aliphatic heterocycles. The molecular formula is C15H13N5O3. The Morgan fingerprint density at radius 3 is 2.61 bits per heavy atom. The van der Waals surface area contributed by atoms with Crippen molar-refractivity contribution in [3.8, 4) is 17.1 Å². The number of methoxy groups -OCH3 is 1. The van der Waals surface area contributed by atoms with E-state index in [4.69, 9.17) is 4.74 Å². The molecule has 0 fully saturated rings. The van der Waals surface area contributed by atoms with Crippen molar-refractivity contribution in [1.29, 1.82) is 0 Å². The molecule has 116 valence electrons. The van der Waals surface area contributed by atoms with Crippen LogP contribution >= 0.6 is 0 Å². The van der Waals surface area contributed by atoms with Gasteiger partial charge >= 0.3 is 0 Å². The number of benzene rings is 1. The van der Waals surface area contributed by atoms with Gasteiger partial charge in [-0.15, -0.1) is 0 Å². The number of carbonyl (C=O) groups is 1. The van der Waals surface area contributed by atoms with Crippen molar-refractivity contribution in [3.05, 3.63) is 40.8 Å². The van der Waals surface area contributed by atoms with Crippen molar-refractivity contribution in [1.82, 2.24) is 19.9 Å². The van der Waals surface area contributed by atoms with Crippen molar-refractivity contribution in [2.45, 2.75) is 6.92 Å². The van der Waals surface area contributed by atoms with Gasteiger partial charge in [-0.2, -0.15) is 4.98 Å². The number of amides is 1. The van der Waals surface area contributed by atoms with Crippen LogP contribution in [0, 0.1) is 0 Å². The Kier molecular flexibility index (Phi) is 3.71. The van der Waals surface area contributed by atoms with Gasteiger partial charge < -0.3 is 9.72 Å². The zero-order valence-corrected chi connectivity index (χ0v) is 12.5. The molecule has 2 aromatic heterocycles. The van der Waals surface area contributed by atoms with Crippen LogP contribution in [0.2, 0.25) is 0 Å². The highest BCUT2D eigenvalue weighted by molar-refractivity contribution is 5.87. The normalized spacial score (nSPS) is 10.5. The first-order valence-corrected chi connectivity index (χ1v) is 6.76. The highest BCUT2D eigenvalue weighted by atomic mass is 16.5. The summed E-state index contributed by atoms with van der Waals surface area (Å²) >= 11 is 0. The average molecular weight is 311 g/mol. The van der Waals surface area contributed by atoms with Gasteiger partial charge in [-0.1, -0.05) is 0 Å². The molecule has 1 aromatic carbocycles. The molecule has 1 amide bonds. The molecule has 0 bridgehead atoms. The Morgan fingerprint density at radius 2 is 1.96 bits per heavy atom. The summed E-state index contributed by atoms with van der Waals surface area (Å²) in [5.41, 5.74) is 0.568. The lowest BCUT2D eigenvalue weighted by molar-refractivity contribution is -0.114. The third kappa shape index (κ3) is 3.00. The summed E-state index contributed by atoms with van der Waals surface area (Å²) in [6.45, 7) is 1.35. The third-order valence-corrected chi connectivity index (χ3v) is 3.11. The maximum atomic E-state index is 12.1. The van der Waals surface area contributed by atoms with Crippen LogP contribution < -0.4 is 15.6 Å². The van der Waals surface area contributed by atoms with Crippen LogP contribution in [0.1, 0.15) is 6.92 Å². The molecule has 0 aliphatic carbocycles. The fourth-order valence-electron chi connectivity index (χ4n) is 2.03. The fourth-order valence-corrected chi connectivity index (χ4v) is 2.03. The molecule has 0 unspecified atom stereocenters. The van der Waals surface area contributed by atoms with Crippen molar-refractivity contribution in [2.24, 2.45) is 0 Å². The molecule has 2 heterocycles. The van der Waals surface area contributed by atoms with E-state index in [2.05, 4.69) is 25.3 Å². The quantitative estimate of drug-likeness (QED) is 0.755. The lowest BCUT2D eigenvalue weighted by Crippen LogP contribution is -2.14. The summed E-state index contributed by atoms with van der Waals surface area (Å²) in [6, 6.07) is 7.09. The number of hydrogen-bond acceptors (Lipinski definition) is 6. The number of hydrogen-bond donors (Lipinski definition) is 2.